The van der Waals surface area contributed by atoms with Gasteiger partial charge in [0, 0.05) is 17.1 Å². The molecule has 0 aliphatic carbocycles. The normalized spacial score (nSPS) is 12.8. The number of aromatic amines is 1. The number of nitrogens with one attached hydrogen (secondary N) is 1. The van der Waals surface area contributed by atoms with Crippen molar-refractivity contribution >= 4 is 10.9 Å². The molecule has 0 bridgehead atoms. The third kappa shape index (κ3) is 1.74. The van der Waals surface area contributed by atoms with Gasteiger partial charge >= 0.3 is 0 Å². The summed E-state index contributed by atoms with van der Waals surface area (Å²) in [6.07, 6.45) is 0. The Balaban J connectivity index is 2.82. The molecule has 3 N–H and O–H groups in total. The maximum atomic E-state index is 5.95. The molecule has 1 aromatic carbocycles. The molecule has 0 amide bonds. The summed E-state index contributed by atoms with van der Waals surface area (Å²) in [5, 5.41) is 1.04. The molecular weight excluding hydrogens is 216 g/mol. The van der Waals surface area contributed by atoms with Crippen LogP contribution in [0, 0.1) is 6.92 Å². The highest BCUT2D eigenvalue weighted by atomic mass is 16.5. The highest BCUT2D eigenvalue weighted by Gasteiger charge is 2.17. The van der Waals surface area contributed by atoms with Gasteiger partial charge in [0.2, 0.25) is 0 Å². The van der Waals surface area contributed by atoms with Gasteiger partial charge < -0.3 is 20.2 Å². The van der Waals surface area contributed by atoms with Crippen LogP contribution < -0.4 is 15.2 Å². The van der Waals surface area contributed by atoms with E-state index in [0.29, 0.717) is 0 Å². The average Bonchev–Trinajstić information content (AvgIpc) is 2.67. The van der Waals surface area contributed by atoms with Gasteiger partial charge in [-0.2, -0.15) is 0 Å². The van der Waals surface area contributed by atoms with Gasteiger partial charge in [-0.3, -0.25) is 0 Å². The van der Waals surface area contributed by atoms with Crippen molar-refractivity contribution in [2.45, 2.75) is 19.9 Å². The molecule has 1 unspecified atom stereocenters. The Labute approximate surface area is 101 Å². The summed E-state index contributed by atoms with van der Waals surface area (Å²) in [6.45, 7) is 4.00. The van der Waals surface area contributed by atoms with Crippen LogP contribution in [0.25, 0.3) is 10.9 Å². The van der Waals surface area contributed by atoms with Gasteiger partial charge in [0.15, 0.2) is 0 Å². The lowest BCUT2D eigenvalue weighted by atomic mass is 10.1. The Morgan fingerprint density at radius 1 is 1.18 bits per heavy atom. The topological polar surface area (TPSA) is 60.3 Å². The van der Waals surface area contributed by atoms with Crippen LogP contribution in [-0.4, -0.2) is 19.2 Å². The number of rotatable bonds is 3. The van der Waals surface area contributed by atoms with Crippen molar-refractivity contribution in [1.29, 1.82) is 0 Å². The van der Waals surface area contributed by atoms with Crippen LogP contribution in [0.4, 0.5) is 0 Å². The predicted molar refractivity (Wildman–Crippen MR) is 68.7 cm³/mol. The first kappa shape index (κ1) is 11.8. The molecule has 2 rings (SSSR count). The summed E-state index contributed by atoms with van der Waals surface area (Å²) in [4.78, 5) is 3.33. The SMILES string of the molecule is COc1ccc(OC)c2c(C)c(C(C)N)[nH]c12. The van der Waals surface area contributed by atoms with Crippen molar-refractivity contribution < 1.29 is 9.47 Å². The first-order valence-electron chi connectivity index (χ1n) is 5.58. The minimum absolute atomic E-state index is 0.0446. The van der Waals surface area contributed by atoms with Crippen molar-refractivity contribution in [3.63, 3.8) is 0 Å². The van der Waals surface area contributed by atoms with E-state index in [0.717, 1.165) is 33.7 Å². The Hall–Kier alpha value is -1.68. The van der Waals surface area contributed by atoms with Crippen LogP contribution in [0.3, 0.4) is 0 Å². The molecule has 4 nitrogen and oxygen atoms in total. The fourth-order valence-electron chi connectivity index (χ4n) is 2.22. The number of aryl methyl sites for hydroxylation is 1. The number of benzene rings is 1. The quantitative estimate of drug-likeness (QED) is 0.857. The number of hydrogen-bond donors (Lipinski definition) is 2. The van der Waals surface area contributed by atoms with E-state index < -0.39 is 0 Å². The number of H-pyrrole nitrogens is 1. The number of aromatic nitrogens is 1. The number of fused-ring (bicyclic) bond motifs is 1. The lowest BCUT2D eigenvalue weighted by Gasteiger charge is -2.06. The minimum Gasteiger partial charge on any atom is -0.496 e. The molecule has 0 aliphatic heterocycles. The first-order chi connectivity index (χ1) is 8.10. The van der Waals surface area contributed by atoms with Crippen LogP contribution in [0.15, 0.2) is 12.1 Å². The van der Waals surface area contributed by atoms with E-state index in [1.807, 2.05) is 26.0 Å². The zero-order valence-corrected chi connectivity index (χ0v) is 10.6. The molecule has 0 saturated heterocycles. The van der Waals surface area contributed by atoms with Crippen molar-refractivity contribution in [2.24, 2.45) is 5.73 Å². The molecule has 0 radical (unpaired) electrons. The monoisotopic (exact) mass is 234 g/mol. The highest BCUT2D eigenvalue weighted by molar-refractivity contribution is 5.94. The van der Waals surface area contributed by atoms with E-state index >= 15 is 0 Å². The molecule has 1 heterocycles. The number of ether oxygens (including phenoxy) is 2. The summed E-state index contributed by atoms with van der Waals surface area (Å²) >= 11 is 0. The lowest BCUT2D eigenvalue weighted by Crippen LogP contribution is -2.06. The van der Waals surface area contributed by atoms with Gasteiger partial charge in [0.1, 0.15) is 11.5 Å². The van der Waals surface area contributed by atoms with E-state index in [9.17, 15) is 0 Å². The van der Waals surface area contributed by atoms with Crippen molar-refractivity contribution in [1.82, 2.24) is 4.98 Å². The minimum atomic E-state index is -0.0446. The molecule has 0 spiro atoms. The van der Waals surface area contributed by atoms with Crippen molar-refractivity contribution in [3.05, 3.63) is 23.4 Å². The van der Waals surface area contributed by atoms with Crippen LogP contribution in [0.2, 0.25) is 0 Å². The van der Waals surface area contributed by atoms with E-state index in [1.54, 1.807) is 14.2 Å². The Kier molecular flexibility index (Phi) is 2.98. The Morgan fingerprint density at radius 3 is 2.29 bits per heavy atom. The second-order valence-corrected chi connectivity index (χ2v) is 4.17. The maximum Gasteiger partial charge on any atom is 0.143 e. The fraction of sp³-hybridized carbons (Fsp3) is 0.385. The largest absolute Gasteiger partial charge is 0.496 e. The highest BCUT2D eigenvalue weighted by Crippen LogP contribution is 2.37. The van der Waals surface area contributed by atoms with E-state index in [4.69, 9.17) is 15.2 Å². The molecule has 92 valence electrons. The second kappa shape index (κ2) is 4.30. The molecule has 1 aromatic heterocycles. The lowest BCUT2D eigenvalue weighted by molar-refractivity contribution is 0.410. The van der Waals surface area contributed by atoms with E-state index in [2.05, 4.69) is 4.98 Å². The molecule has 17 heavy (non-hydrogen) atoms. The second-order valence-electron chi connectivity index (χ2n) is 4.17. The zero-order valence-electron chi connectivity index (χ0n) is 10.6. The molecule has 0 aliphatic rings. The first-order valence-corrected chi connectivity index (χ1v) is 5.58. The van der Waals surface area contributed by atoms with Crippen LogP contribution in [0.5, 0.6) is 11.5 Å². The number of hydrogen-bond acceptors (Lipinski definition) is 3. The molecule has 0 saturated carbocycles. The fourth-order valence-corrected chi connectivity index (χ4v) is 2.22. The van der Waals surface area contributed by atoms with Crippen molar-refractivity contribution in [3.8, 4) is 11.5 Å². The van der Waals surface area contributed by atoms with Crippen LogP contribution >= 0.6 is 0 Å². The maximum absolute atomic E-state index is 5.95. The summed E-state index contributed by atoms with van der Waals surface area (Å²) in [7, 11) is 3.32. The third-order valence-electron chi connectivity index (χ3n) is 3.06. The molecule has 0 fully saturated rings. The molecule has 2 aromatic rings. The zero-order chi connectivity index (χ0) is 12.6. The summed E-state index contributed by atoms with van der Waals surface area (Å²) in [5.41, 5.74) is 9.02. The van der Waals surface area contributed by atoms with E-state index in [1.165, 1.54) is 0 Å². The van der Waals surface area contributed by atoms with Crippen LogP contribution in [0.1, 0.15) is 24.2 Å². The van der Waals surface area contributed by atoms with Crippen molar-refractivity contribution in [2.75, 3.05) is 14.2 Å². The number of nitrogens with two attached hydrogens (primary N) is 1. The average molecular weight is 234 g/mol. The summed E-state index contributed by atoms with van der Waals surface area (Å²) in [5.74, 6) is 1.64. The standard InChI is InChI=1S/C13H18N2O2/c1-7-11-9(16-3)5-6-10(17-4)13(11)15-12(7)8(2)14/h5-6,8,15H,14H2,1-4H3. The number of methoxy groups -OCH3 is 2. The molecule has 1 atom stereocenters. The van der Waals surface area contributed by atoms with Gasteiger partial charge in [-0.1, -0.05) is 0 Å². The van der Waals surface area contributed by atoms with Gasteiger partial charge in [0.05, 0.1) is 19.7 Å². The summed E-state index contributed by atoms with van der Waals surface area (Å²) in [6, 6.07) is 3.76. The Bertz CT molecular complexity index is 544. The predicted octanol–water partition coefficient (Wildman–Crippen LogP) is 2.51. The van der Waals surface area contributed by atoms with E-state index in [-0.39, 0.29) is 6.04 Å². The smallest absolute Gasteiger partial charge is 0.143 e. The third-order valence-corrected chi connectivity index (χ3v) is 3.06. The molecular formula is C13H18N2O2. The van der Waals surface area contributed by atoms with Gasteiger partial charge in [-0.15, -0.1) is 0 Å². The summed E-state index contributed by atoms with van der Waals surface area (Å²) < 4.78 is 10.7. The Morgan fingerprint density at radius 2 is 1.76 bits per heavy atom. The molecule has 4 heteroatoms. The van der Waals surface area contributed by atoms with Gasteiger partial charge in [0.25, 0.3) is 0 Å². The van der Waals surface area contributed by atoms with Crippen LogP contribution in [-0.2, 0) is 0 Å². The van der Waals surface area contributed by atoms with Gasteiger partial charge in [-0.05, 0) is 31.5 Å². The van der Waals surface area contributed by atoms with Gasteiger partial charge in [-0.25, -0.2) is 0 Å².